The molecule has 0 aromatic heterocycles. The highest BCUT2D eigenvalue weighted by atomic mass is 32.2. The number of rotatable bonds is 9. The largest absolute Gasteiger partial charge is 0.481 e. The summed E-state index contributed by atoms with van der Waals surface area (Å²) < 4.78 is 25.5. The molecular formula is C16H24N2O5S. The maximum Gasteiger partial charge on any atom is 0.305 e. The van der Waals surface area contributed by atoms with Crippen LogP contribution in [0, 0.1) is 6.92 Å². The first-order valence-electron chi connectivity index (χ1n) is 7.75. The van der Waals surface area contributed by atoms with Crippen molar-refractivity contribution in [3.8, 4) is 0 Å². The van der Waals surface area contributed by atoms with E-state index in [4.69, 9.17) is 5.11 Å². The molecular weight excluding hydrogens is 332 g/mol. The molecule has 0 saturated carbocycles. The number of hydrogen-bond acceptors (Lipinski definition) is 4. The minimum absolute atomic E-state index is 0.280. The van der Waals surface area contributed by atoms with Gasteiger partial charge >= 0.3 is 5.97 Å². The Hall–Kier alpha value is -1.93. The molecule has 0 saturated heterocycles. The third kappa shape index (κ3) is 5.61. The predicted octanol–water partition coefficient (Wildman–Crippen LogP) is 1.30. The van der Waals surface area contributed by atoms with Gasteiger partial charge in [-0.2, -0.15) is 0 Å². The van der Waals surface area contributed by atoms with Crippen LogP contribution in [0.5, 0.6) is 0 Å². The predicted molar refractivity (Wildman–Crippen MR) is 91.0 cm³/mol. The summed E-state index contributed by atoms with van der Waals surface area (Å²) >= 11 is 0. The molecule has 8 heteroatoms. The Morgan fingerprint density at radius 3 is 2.29 bits per heavy atom. The number of nitrogens with zero attached hydrogens (tertiary/aromatic N) is 1. The molecule has 1 atom stereocenters. The highest BCUT2D eigenvalue weighted by Crippen LogP contribution is 2.20. The Balaban J connectivity index is 2.94. The Kier molecular flexibility index (Phi) is 7.37. The fourth-order valence-corrected chi connectivity index (χ4v) is 3.89. The molecule has 1 aromatic rings. The number of benzene rings is 1. The van der Waals surface area contributed by atoms with Crippen molar-refractivity contribution in [3.05, 3.63) is 35.4 Å². The first-order chi connectivity index (χ1) is 11.2. The molecule has 1 aromatic carbocycles. The minimum Gasteiger partial charge on any atom is -0.481 e. The molecule has 0 aliphatic rings. The van der Waals surface area contributed by atoms with Crippen LogP contribution in [-0.4, -0.2) is 48.5 Å². The van der Waals surface area contributed by atoms with E-state index >= 15 is 0 Å². The lowest BCUT2D eigenvalue weighted by atomic mass is 9.99. The molecule has 0 aliphatic carbocycles. The van der Waals surface area contributed by atoms with Gasteiger partial charge in [0.15, 0.2) is 0 Å². The third-order valence-electron chi connectivity index (χ3n) is 3.69. The van der Waals surface area contributed by atoms with E-state index in [1.807, 2.05) is 19.1 Å². The summed E-state index contributed by atoms with van der Waals surface area (Å²) in [5.41, 5.74) is 1.49. The second kappa shape index (κ2) is 8.79. The van der Waals surface area contributed by atoms with Crippen molar-refractivity contribution in [2.75, 3.05) is 18.8 Å². The number of carboxylic acid groups (broad SMARTS) is 1. The maximum atomic E-state index is 12.2. The molecule has 0 bridgehead atoms. The average molecular weight is 356 g/mol. The van der Waals surface area contributed by atoms with Crippen LogP contribution < -0.4 is 5.32 Å². The zero-order valence-electron chi connectivity index (χ0n) is 14.2. The van der Waals surface area contributed by atoms with Crippen molar-refractivity contribution in [1.29, 1.82) is 0 Å². The number of carboxylic acids is 1. The number of nitrogens with one attached hydrogen (secondary N) is 1. The molecule has 0 spiro atoms. The van der Waals surface area contributed by atoms with E-state index < -0.39 is 33.7 Å². The number of carbonyl (C=O) groups excluding carboxylic acids is 1. The second-order valence-electron chi connectivity index (χ2n) is 5.42. The molecule has 0 radical (unpaired) electrons. The van der Waals surface area contributed by atoms with Gasteiger partial charge in [0.2, 0.25) is 15.9 Å². The number of aryl methyl sites for hydroxylation is 1. The van der Waals surface area contributed by atoms with Gasteiger partial charge in [0.05, 0.1) is 12.5 Å². The van der Waals surface area contributed by atoms with Crippen molar-refractivity contribution in [1.82, 2.24) is 9.62 Å². The van der Waals surface area contributed by atoms with Gasteiger partial charge in [0.1, 0.15) is 5.75 Å². The fourth-order valence-electron chi connectivity index (χ4n) is 2.50. The fraction of sp³-hybridized carbons (Fsp3) is 0.500. The first-order valence-corrected chi connectivity index (χ1v) is 9.36. The molecule has 7 nitrogen and oxygen atoms in total. The van der Waals surface area contributed by atoms with Crippen LogP contribution in [0.2, 0.25) is 0 Å². The van der Waals surface area contributed by atoms with Crippen LogP contribution in [0.25, 0.3) is 0 Å². The number of hydrogen-bond donors (Lipinski definition) is 2. The molecule has 0 fully saturated rings. The van der Waals surface area contributed by atoms with E-state index in [9.17, 15) is 18.0 Å². The number of amides is 1. The highest BCUT2D eigenvalue weighted by Gasteiger charge is 2.26. The van der Waals surface area contributed by atoms with Gasteiger partial charge in [0, 0.05) is 13.1 Å². The molecule has 2 N–H and O–H groups in total. The van der Waals surface area contributed by atoms with Gasteiger partial charge in [-0.15, -0.1) is 0 Å². The molecule has 1 rings (SSSR count). The van der Waals surface area contributed by atoms with Gasteiger partial charge < -0.3 is 10.4 Å². The molecule has 134 valence electrons. The quantitative estimate of drug-likeness (QED) is 0.694. The number of carbonyl (C=O) groups is 2. The minimum atomic E-state index is -3.71. The van der Waals surface area contributed by atoms with Crippen LogP contribution in [0.1, 0.15) is 37.4 Å². The van der Waals surface area contributed by atoms with Gasteiger partial charge in [-0.25, -0.2) is 12.7 Å². The Labute approximate surface area is 142 Å². The van der Waals surface area contributed by atoms with E-state index in [-0.39, 0.29) is 19.5 Å². The van der Waals surface area contributed by atoms with E-state index in [2.05, 4.69) is 5.32 Å². The molecule has 0 aliphatic heterocycles. The summed E-state index contributed by atoms with van der Waals surface area (Å²) in [5.74, 6) is -2.48. The van der Waals surface area contributed by atoms with E-state index in [0.717, 1.165) is 5.56 Å². The van der Waals surface area contributed by atoms with Gasteiger partial charge in [-0.05, 0) is 18.1 Å². The van der Waals surface area contributed by atoms with E-state index in [1.165, 1.54) is 4.31 Å². The van der Waals surface area contributed by atoms with Crippen molar-refractivity contribution in [2.45, 2.75) is 33.2 Å². The summed E-state index contributed by atoms with van der Waals surface area (Å²) in [4.78, 5) is 23.2. The first kappa shape index (κ1) is 20.1. The van der Waals surface area contributed by atoms with E-state index in [1.54, 1.807) is 26.0 Å². The van der Waals surface area contributed by atoms with Crippen molar-refractivity contribution < 1.29 is 23.1 Å². The topological polar surface area (TPSA) is 104 Å². The van der Waals surface area contributed by atoms with Gasteiger partial charge in [0.25, 0.3) is 0 Å². The highest BCUT2D eigenvalue weighted by molar-refractivity contribution is 7.89. The lowest BCUT2D eigenvalue weighted by Gasteiger charge is -2.21. The average Bonchev–Trinajstić information content (AvgIpc) is 2.46. The summed E-state index contributed by atoms with van der Waals surface area (Å²) in [6.07, 6.45) is -0.318. The van der Waals surface area contributed by atoms with Crippen LogP contribution in [0.3, 0.4) is 0 Å². The zero-order valence-corrected chi connectivity index (χ0v) is 15.0. The standard InChI is InChI=1S/C16H24N2O5S/c1-4-18(5-2)24(22,23)11-15(19)17-14(10-16(20)21)13-9-7-6-8-12(13)3/h6-9,14H,4-5,10-11H2,1-3H3,(H,17,19)(H,20,21). The summed E-state index contributed by atoms with van der Waals surface area (Å²) in [5, 5.41) is 11.6. The molecule has 1 unspecified atom stereocenters. The Bertz CT molecular complexity index is 683. The summed E-state index contributed by atoms with van der Waals surface area (Å²) in [6, 6.07) is 6.31. The molecule has 0 heterocycles. The third-order valence-corrected chi connectivity index (χ3v) is 5.62. The monoisotopic (exact) mass is 356 g/mol. The van der Waals surface area contributed by atoms with Crippen LogP contribution in [0.15, 0.2) is 24.3 Å². The lowest BCUT2D eigenvalue weighted by Crippen LogP contribution is -2.40. The Morgan fingerprint density at radius 1 is 1.21 bits per heavy atom. The van der Waals surface area contributed by atoms with Crippen LogP contribution in [-0.2, 0) is 19.6 Å². The second-order valence-corrected chi connectivity index (χ2v) is 7.38. The number of sulfonamides is 1. The van der Waals surface area contributed by atoms with Crippen LogP contribution >= 0.6 is 0 Å². The molecule has 24 heavy (non-hydrogen) atoms. The maximum absolute atomic E-state index is 12.2. The van der Waals surface area contributed by atoms with Crippen molar-refractivity contribution in [2.24, 2.45) is 0 Å². The van der Waals surface area contributed by atoms with Crippen LogP contribution in [0.4, 0.5) is 0 Å². The van der Waals surface area contributed by atoms with Crippen molar-refractivity contribution in [3.63, 3.8) is 0 Å². The SMILES string of the molecule is CCN(CC)S(=O)(=O)CC(=O)NC(CC(=O)O)c1ccccc1C. The summed E-state index contributed by atoms with van der Waals surface area (Å²) in [6.45, 7) is 5.76. The summed E-state index contributed by atoms with van der Waals surface area (Å²) in [7, 11) is -3.71. The molecule has 1 amide bonds. The Morgan fingerprint density at radius 2 is 1.79 bits per heavy atom. The number of aliphatic carboxylic acids is 1. The zero-order chi connectivity index (χ0) is 18.3. The van der Waals surface area contributed by atoms with Crippen molar-refractivity contribution >= 4 is 21.9 Å². The van der Waals surface area contributed by atoms with Gasteiger partial charge in [-0.3, -0.25) is 9.59 Å². The van der Waals surface area contributed by atoms with Gasteiger partial charge in [-0.1, -0.05) is 38.1 Å². The smallest absolute Gasteiger partial charge is 0.305 e. The normalized spacial score (nSPS) is 12.8. The van der Waals surface area contributed by atoms with E-state index in [0.29, 0.717) is 5.56 Å². The lowest BCUT2D eigenvalue weighted by molar-refractivity contribution is -0.137.